The molecule has 0 radical (unpaired) electrons. The van der Waals surface area contributed by atoms with E-state index in [9.17, 15) is 10.2 Å². The number of benzene rings is 2. The number of aromatic hydroxyl groups is 2. The Morgan fingerprint density at radius 1 is 1.12 bits per heavy atom. The van der Waals surface area contributed by atoms with Crippen LogP contribution in [-0.2, 0) is 17.8 Å². The van der Waals surface area contributed by atoms with Crippen LogP contribution in [0.4, 0.5) is 5.95 Å². The zero-order chi connectivity index (χ0) is 18.5. The number of aromatic nitrogens is 2. The molecule has 1 heterocycles. The Kier molecular flexibility index (Phi) is 5.65. The number of nitrogens with zero attached hydrogens (tertiary/aromatic N) is 2. The highest BCUT2D eigenvalue weighted by atomic mass is 35.5. The van der Waals surface area contributed by atoms with Gasteiger partial charge in [0, 0.05) is 25.2 Å². The molecular formula is C19H20ClN3O3. The Balaban J connectivity index is 1.83. The molecule has 136 valence electrons. The summed E-state index contributed by atoms with van der Waals surface area (Å²) in [6.07, 6.45) is 1.80. The van der Waals surface area contributed by atoms with Crippen LogP contribution in [0.5, 0.6) is 11.5 Å². The van der Waals surface area contributed by atoms with Gasteiger partial charge in [-0.3, -0.25) is 0 Å². The number of nitrogens with one attached hydrogen (secondary N) is 1. The van der Waals surface area contributed by atoms with E-state index in [4.69, 9.17) is 16.3 Å². The molecule has 0 amide bonds. The highest BCUT2D eigenvalue weighted by molar-refractivity contribution is 6.30. The van der Waals surface area contributed by atoms with Crippen molar-refractivity contribution < 1.29 is 14.9 Å². The van der Waals surface area contributed by atoms with Crippen LogP contribution >= 0.6 is 11.6 Å². The Labute approximate surface area is 156 Å². The maximum atomic E-state index is 9.62. The lowest BCUT2D eigenvalue weighted by molar-refractivity contribution is 0.188. The maximum Gasteiger partial charge on any atom is 0.203 e. The number of hydrogen-bond donors (Lipinski definition) is 3. The minimum atomic E-state index is -0.145. The predicted molar refractivity (Wildman–Crippen MR) is 102 cm³/mol. The number of halogens is 1. The van der Waals surface area contributed by atoms with Gasteiger partial charge in [0.25, 0.3) is 0 Å². The highest BCUT2D eigenvalue weighted by Crippen LogP contribution is 2.27. The van der Waals surface area contributed by atoms with Gasteiger partial charge in [-0.2, -0.15) is 0 Å². The van der Waals surface area contributed by atoms with Crippen LogP contribution < -0.4 is 5.32 Å². The molecule has 0 aliphatic heterocycles. The summed E-state index contributed by atoms with van der Waals surface area (Å²) in [5.74, 6) is 0.411. The summed E-state index contributed by atoms with van der Waals surface area (Å²) >= 11 is 5.98. The van der Waals surface area contributed by atoms with Crippen LogP contribution in [-0.4, -0.2) is 33.5 Å². The monoisotopic (exact) mass is 373 g/mol. The first-order valence-electron chi connectivity index (χ1n) is 8.13. The molecule has 0 atom stereocenters. The molecule has 0 fully saturated rings. The number of ether oxygens (including phenoxy) is 1. The molecule has 0 spiro atoms. The summed E-state index contributed by atoms with van der Waals surface area (Å²) in [4.78, 5) is 4.47. The number of anilines is 1. The van der Waals surface area contributed by atoms with Gasteiger partial charge in [0.2, 0.25) is 5.95 Å². The van der Waals surface area contributed by atoms with Crippen LogP contribution in [0.1, 0.15) is 5.56 Å². The summed E-state index contributed by atoms with van der Waals surface area (Å²) in [7, 11) is 1.66. The van der Waals surface area contributed by atoms with Crippen LogP contribution in [0.2, 0.25) is 5.02 Å². The van der Waals surface area contributed by atoms with Gasteiger partial charge in [-0.15, -0.1) is 0 Å². The van der Waals surface area contributed by atoms with Crippen LogP contribution in [0, 0.1) is 0 Å². The Hall–Kier alpha value is -2.70. The molecule has 1 aromatic heterocycles. The Morgan fingerprint density at radius 3 is 2.58 bits per heavy atom. The summed E-state index contributed by atoms with van der Waals surface area (Å²) in [5.41, 5.74) is 2.79. The summed E-state index contributed by atoms with van der Waals surface area (Å²) < 4.78 is 7.25. The molecule has 7 heteroatoms. The highest BCUT2D eigenvalue weighted by Gasteiger charge is 2.12. The van der Waals surface area contributed by atoms with E-state index in [0.29, 0.717) is 30.7 Å². The molecule has 6 nitrogen and oxygen atoms in total. The molecule has 26 heavy (non-hydrogen) atoms. The zero-order valence-electron chi connectivity index (χ0n) is 14.3. The summed E-state index contributed by atoms with van der Waals surface area (Å²) in [6.45, 7) is 1.64. The van der Waals surface area contributed by atoms with E-state index in [1.807, 2.05) is 28.8 Å². The zero-order valence-corrected chi connectivity index (χ0v) is 15.1. The van der Waals surface area contributed by atoms with Gasteiger partial charge < -0.3 is 24.8 Å². The molecule has 3 rings (SSSR count). The standard InChI is InChI=1S/C19H20ClN3O3/c1-26-9-8-23-16(14-3-5-15(20)6-4-14)12-22-19(23)21-11-13-2-7-17(24)18(25)10-13/h2-7,10,12,24-25H,8-9,11H2,1H3,(H,21,22). The van der Waals surface area contributed by atoms with E-state index >= 15 is 0 Å². The van der Waals surface area contributed by atoms with Gasteiger partial charge in [-0.05, 0) is 35.4 Å². The van der Waals surface area contributed by atoms with Crippen LogP contribution in [0.15, 0.2) is 48.7 Å². The summed E-state index contributed by atoms with van der Waals surface area (Å²) in [5, 5.41) is 23.0. The molecular weight excluding hydrogens is 354 g/mol. The molecule has 0 aliphatic carbocycles. The second-order valence-corrected chi connectivity index (χ2v) is 6.23. The van der Waals surface area contributed by atoms with Crippen molar-refractivity contribution >= 4 is 17.5 Å². The topological polar surface area (TPSA) is 79.5 Å². The van der Waals surface area contributed by atoms with Crippen molar-refractivity contribution in [1.29, 1.82) is 0 Å². The molecule has 3 N–H and O–H groups in total. The van der Waals surface area contributed by atoms with E-state index in [1.54, 1.807) is 19.4 Å². The minimum Gasteiger partial charge on any atom is -0.504 e. The number of phenols is 2. The average molecular weight is 374 g/mol. The lowest BCUT2D eigenvalue weighted by Crippen LogP contribution is -2.11. The molecule has 0 unspecified atom stereocenters. The fourth-order valence-corrected chi connectivity index (χ4v) is 2.76. The van der Waals surface area contributed by atoms with Crippen molar-refractivity contribution in [3.8, 4) is 22.8 Å². The molecule has 0 aliphatic rings. The third-order valence-electron chi connectivity index (χ3n) is 4.01. The van der Waals surface area contributed by atoms with Crippen molar-refractivity contribution in [2.24, 2.45) is 0 Å². The first-order valence-corrected chi connectivity index (χ1v) is 8.51. The van der Waals surface area contributed by atoms with Gasteiger partial charge in [0.05, 0.1) is 18.5 Å². The smallest absolute Gasteiger partial charge is 0.203 e. The third-order valence-corrected chi connectivity index (χ3v) is 4.26. The van der Waals surface area contributed by atoms with E-state index in [2.05, 4.69) is 10.3 Å². The van der Waals surface area contributed by atoms with Gasteiger partial charge >= 0.3 is 0 Å². The average Bonchev–Trinajstić information content (AvgIpc) is 3.04. The van der Waals surface area contributed by atoms with E-state index in [1.165, 1.54) is 12.1 Å². The van der Waals surface area contributed by atoms with E-state index in [0.717, 1.165) is 16.8 Å². The first kappa shape index (κ1) is 18.1. The number of rotatable bonds is 7. The Bertz CT molecular complexity index is 878. The van der Waals surface area contributed by atoms with Crippen molar-refractivity contribution in [2.75, 3.05) is 19.0 Å². The van der Waals surface area contributed by atoms with Crippen molar-refractivity contribution in [2.45, 2.75) is 13.1 Å². The fraction of sp³-hybridized carbons (Fsp3) is 0.211. The second kappa shape index (κ2) is 8.12. The number of phenolic OH excluding ortho intramolecular Hbond substituents is 2. The molecule has 0 bridgehead atoms. The van der Waals surface area contributed by atoms with Gasteiger partial charge in [-0.1, -0.05) is 29.8 Å². The maximum absolute atomic E-state index is 9.62. The van der Waals surface area contributed by atoms with Crippen LogP contribution in [0.3, 0.4) is 0 Å². The quantitative estimate of drug-likeness (QED) is 0.548. The largest absolute Gasteiger partial charge is 0.504 e. The minimum absolute atomic E-state index is 0.139. The van der Waals surface area contributed by atoms with Crippen molar-refractivity contribution in [1.82, 2.24) is 9.55 Å². The fourth-order valence-electron chi connectivity index (χ4n) is 2.64. The van der Waals surface area contributed by atoms with Crippen molar-refractivity contribution in [3.05, 3.63) is 59.2 Å². The van der Waals surface area contributed by atoms with Crippen LogP contribution in [0.25, 0.3) is 11.3 Å². The van der Waals surface area contributed by atoms with E-state index in [-0.39, 0.29) is 11.5 Å². The molecule has 2 aromatic carbocycles. The predicted octanol–water partition coefficient (Wildman–Crippen LogP) is 3.87. The van der Waals surface area contributed by atoms with Gasteiger partial charge in [0.1, 0.15) is 0 Å². The lowest BCUT2D eigenvalue weighted by atomic mass is 10.2. The normalized spacial score (nSPS) is 10.8. The first-order chi connectivity index (χ1) is 12.6. The Morgan fingerprint density at radius 2 is 1.88 bits per heavy atom. The van der Waals surface area contributed by atoms with Gasteiger partial charge in [0.15, 0.2) is 11.5 Å². The van der Waals surface area contributed by atoms with Gasteiger partial charge in [-0.25, -0.2) is 4.98 Å². The molecule has 0 saturated carbocycles. The lowest BCUT2D eigenvalue weighted by Gasteiger charge is -2.13. The van der Waals surface area contributed by atoms with Crippen molar-refractivity contribution in [3.63, 3.8) is 0 Å². The SMILES string of the molecule is COCCn1c(-c2ccc(Cl)cc2)cnc1NCc1ccc(O)c(O)c1. The second-order valence-electron chi connectivity index (χ2n) is 5.79. The molecule has 0 saturated heterocycles. The number of hydrogen-bond acceptors (Lipinski definition) is 5. The number of methoxy groups -OCH3 is 1. The number of imidazole rings is 1. The molecule has 3 aromatic rings. The third kappa shape index (κ3) is 4.09. The van der Waals surface area contributed by atoms with E-state index < -0.39 is 0 Å². The summed E-state index contributed by atoms with van der Waals surface area (Å²) in [6, 6.07) is 12.3.